The molecular weight excluding hydrogens is 302 g/mol. The number of carboxylic acids is 1. The van der Waals surface area contributed by atoms with Crippen molar-refractivity contribution in [2.24, 2.45) is 0 Å². The number of unbranched alkanes of at least 4 members (excludes halogenated alkanes) is 2. The van der Waals surface area contributed by atoms with Gasteiger partial charge in [0.15, 0.2) is 0 Å². The van der Waals surface area contributed by atoms with E-state index in [1.165, 1.54) is 25.0 Å². The van der Waals surface area contributed by atoms with Crippen molar-refractivity contribution in [3.8, 4) is 11.3 Å². The third-order valence-electron chi connectivity index (χ3n) is 3.40. The number of carboxylic acid groups (broad SMARTS) is 1. The number of benzene rings is 1. The van der Waals surface area contributed by atoms with Crippen LogP contribution in [-0.4, -0.2) is 17.6 Å². The molecule has 0 amide bonds. The van der Waals surface area contributed by atoms with Crippen LogP contribution in [0.2, 0.25) is 5.02 Å². The van der Waals surface area contributed by atoms with E-state index in [9.17, 15) is 4.79 Å². The Morgan fingerprint density at radius 3 is 2.82 bits per heavy atom. The number of nitrogens with one attached hydrogen (secondary N) is 1. The summed E-state index contributed by atoms with van der Waals surface area (Å²) in [6.45, 7) is 3.78. The second-order valence-corrected chi connectivity index (χ2v) is 5.56. The zero-order valence-corrected chi connectivity index (χ0v) is 13.3. The van der Waals surface area contributed by atoms with Gasteiger partial charge in [-0.25, -0.2) is 4.79 Å². The summed E-state index contributed by atoms with van der Waals surface area (Å²) >= 11 is 6.14. The van der Waals surface area contributed by atoms with Gasteiger partial charge in [0.2, 0.25) is 0 Å². The van der Waals surface area contributed by atoms with Crippen molar-refractivity contribution in [2.45, 2.75) is 32.7 Å². The fraction of sp³-hybridized carbons (Fsp3) is 0.353. The average Bonchev–Trinajstić information content (AvgIpc) is 2.96. The minimum Gasteiger partial charge on any atom is -0.478 e. The molecule has 0 aliphatic heterocycles. The SMILES string of the molecule is CCCCCNCc1ccc(-c2cc(C(=O)O)ccc2Cl)o1. The van der Waals surface area contributed by atoms with Gasteiger partial charge in [0.1, 0.15) is 11.5 Å². The standard InChI is InChI=1S/C17H20ClNO3/c1-2-3-4-9-19-11-13-6-8-16(22-13)14-10-12(17(20)21)5-7-15(14)18/h5-8,10,19H,2-4,9,11H2,1H3,(H,20,21). The Morgan fingerprint density at radius 2 is 2.09 bits per heavy atom. The second kappa shape index (κ2) is 8.01. The number of hydrogen-bond donors (Lipinski definition) is 2. The highest BCUT2D eigenvalue weighted by atomic mass is 35.5. The molecule has 4 nitrogen and oxygen atoms in total. The first-order valence-corrected chi connectivity index (χ1v) is 7.82. The van der Waals surface area contributed by atoms with Gasteiger partial charge in [-0.15, -0.1) is 0 Å². The lowest BCUT2D eigenvalue weighted by Gasteiger charge is -2.04. The van der Waals surface area contributed by atoms with E-state index in [1.807, 2.05) is 12.1 Å². The van der Waals surface area contributed by atoms with Crippen LogP contribution in [-0.2, 0) is 6.54 Å². The monoisotopic (exact) mass is 321 g/mol. The molecule has 2 N–H and O–H groups in total. The van der Waals surface area contributed by atoms with Gasteiger partial charge in [-0.3, -0.25) is 0 Å². The highest BCUT2D eigenvalue weighted by Gasteiger charge is 2.12. The Labute approximate surface area is 135 Å². The zero-order chi connectivity index (χ0) is 15.9. The Hall–Kier alpha value is -1.78. The van der Waals surface area contributed by atoms with Crippen LogP contribution in [0.4, 0.5) is 0 Å². The predicted octanol–water partition coefficient (Wildman–Crippen LogP) is 4.58. The maximum absolute atomic E-state index is 11.0. The molecule has 22 heavy (non-hydrogen) atoms. The van der Waals surface area contributed by atoms with Gasteiger partial charge in [0.05, 0.1) is 17.1 Å². The van der Waals surface area contributed by atoms with Gasteiger partial charge >= 0.3 is 5.97 Å². The van der Waals surface area contributed by atoms with E-state index >= 15 is 0 Å². The molecular formula is C17H20ClNO3. The largest absolute Gasteiger partial charge is 0.478 e. The maximum Gasteiger partial charge on any atom is 0.335 e. The van der Waals surface area contributed by atoms with E-state index in [4.69, 9.17) is 21.1 Å². The number of furan rings is 1. The molecule has 0 atom stereocenters. The van der Waals surface area contributed by atoms with Crippen LogP contribution in [0, 0.1) is 0 Å². The number of rotatable bonds is 8. The maximum atomic E-state index is 11.0. The predicted molar refractivity (Wildman–Crippen MR) is 87.3 cm³/mol. The van der Waals surface area contributed by atoms with E-state index < -0.39 is 5.97 Å². The van der Waals surface area contributed by atoms with Crippen molar-refractivity contribution in [2.75, 3.05) is 6.54 Å². The Bertz CT molecular complexity index is 637. The molecule has 1 heterocycles. The summed E-state index contributed by atoms with van der Waals surface area (Å²) in [5.74, 6) is 0.407. The molecule has 0 radical (unpaired) electrons. The normalized spacial score (nSPS) is 10.8. The summed E-state index contributed by atoms with van der Waals surface area (Å²) in [7, 11) is 0. The van der Waals surface area contributed by atoms with Crippen molar-refractivity contribution in [3.05, 3.63) is 46.7 Å². The first-order valence-electron chi connectivity index (χ1n) is 7.44. The van der Waals surface area contributed by atoms with Crippen LogP contribution >= 0.6 is 11.6 Å². The molecule has 0 bridgehead atoms. The highest BCUT2D eigenvalue weighted by Crippen LogP contribution is 2.30. The number of halogens is 1. The fourth-order valence-corrected chi connectivity index (χ4v) is 2.39. The Balaban J connectivity index is 2.04. The molecule has 1 aromatic carbocycles. The van der Waals surface area contributed by atoms with Gasteiger partial charge < -0.3 is 14.8 Å². The van der Waals surface area contributed by atoms with Crippen molar-refractivity contribution >= 4 is 17.6 Å². The number of hydrogen-bond acceptors (Lipinski definition) is 3. The lowest BCUT2D eigenvalue weighted by atomic mass is 10.1. The summed E-state index contributed by atoms with van der Waals surface area (Å²) in [4.78, 5) is 11.0. The van der Waals surface area contributed by atoms with E-state index in [0.717, 1.165) is 18.7 Å². The molecule has 2 aromatic rings. The molecule has 2 rings (SSSR count). The van der Waals surface area contributed by atoms with E-state index in [-0.39, 0.29) is 5.56 Å². The first kappa shape index (κ1) is 16.6. The van der Waals surface area contributed by atoms with Gasteiger partial charge in [0.25, 0.3) is 0 Å². The van der Waals surface area contributed by atoms with Gasteiger partial charge in [-0.1, -0.05) is 31.4 Å². The van der Waals surface area contributed by atoms with Crippen molar-refractivity contribution in [1.29, 1.82) is 0 Å². The summed E-state index contributed by atoms with van der Waals surface area (Å²) in [5.41, 5.74) is 0.786. The van der Waals surface area contributed by atoms with Crippen LogP contribution in [0.3, 0.4) is 0 Å². The van der Waals surface area contributed by atoms with E-state index in [2.05, 4.69) is 12.2 Å². The molecule has 118 valence electrons. The smallest absolute Gasteiger partial charge is 0.335 e. The molecule has 0 aliphatic carbocycles. The average molecular weight is 322 g/mol. The second-order valence-electron chi connectivity index (χ2n) is 5.15. The first-order chi connectivity index (χ1) is 10.6. The Kier molecular flexibility index (Phi) is 6.04. The molecule has 0 spiro atoms. The molecule has 5 heteroatoms. The van der Waals surface area contributed by atoms with Crippen molar-refractivity contribution < 1.29 is 14.3 Å². The van der Waals surface area contributed by atoms with Gasteiger partial charge in [-0.05, 0) is 43.3 Å². The van der Waals surface area contributed by atoms with E-state index in [1.54, 1.807) is 6.07 Å². The van der Waals surface area contributed by atoms with Crippen LogP contribution < -0.4 is 5.32 Å². The third-order valence-corrected chi connectivity index (χ3v) is 3.73. The molecule has 0 fully saturated rings. The summed E-state index contributed by atoms with van der Waals surface area (Å²) in [6.07, 6.45) is 3.57. The lowest BCUT2D eigenvalue weighted by Crippen LogP contribution is -2.13. The minimum absolute atomic E-state index is 0.190. The summed E-state index contributed by atoms with van der Waals surface area (Å²) in [6, 6.07) is 8.28. The van der Waals surface area contributed by atoms with Crippen LogP contribution in [0.15, 0.2) is 34.7 Å². The fourth-order valence-electron chi connectivity index (χ4n) is 2.18. The van der Waals surface area contributed by atoms with Crippen molar-refractivity contribution in [1.82, 2.24) is 5.32 Å². The van der Waals surface area contributed by atoms with E-state index in [0.29, 0.717) is 22.9 Å². The van der Waals surface area contributed by atoms with Gasteiger partial charge in [-0.2, -0.15) is 0 Å². The third kappa shape index (κ3) is 4.36. The summed E-state index contributed by atoms with van der Waals surface area (Å²) in [5, 5.41) is 12.9. The highest BCUT2D eigenvalue weighted by molar-refractivity contribution is 6.33. The topological polar surface area (TPSA) is 62.5 Å². The molecule has 0 saturated carbocycles. The zero-order valence-electron chi connectivity index (χ0n) is 12.6. The number of aromatic carboxylic acids is 1. The number of carbonyl (C=O) groups is 1. The lowest BCUT2D eigenvalue weighted by molar-refractivity contribution is 0.0697. The van der Waals surface area contributed by atoms with Gasteiger partial charge in [0, 0.05) is 5.56 Å². The van der Waals surface area contributed by atoms with Crippen LogP contribution in [0.25, 0.3) is 11.3 Å². The summed E-state index contributed by atoms with van der Waals surface area (Å²) < 4.78 is 5.75. The van der Waals surface area contributed by atoms with Crippen LogP contribution in [0.1, 0.15) is 42.3 Å². The Morgan fingerprint density at radius 1 is 1.27 bits per heavy atom. The molecule has 0 saturated heterocycles. The minimum atomic E-state index is -0.984. The molecule has 0 unspecified atom stereocenters. The quantitative estimate of drug-likeness (QED) is 0.699. The van der Waals surface area contributed by atoms with Crippen molar-refractivity contribution in [3.63, 3.8) is 0 Å². The molecule has 1 aromatic heterocycles. The van der Waals surface area contributed by atoms with Crippen LogP contribution in [0.5, 0.6) is 0 Å². The molecule has 0 aliphatic rings.